The van der Waals surface area contributed by atoms with Crippen LogP contribution in [0, 0.1) is 11.2 Å². The molecule has 0 saturated heterocycles. The number of hydrogen-bond acceptors (Lipinski definition) is 1. The largest absolute Gasteiger partial charge is 0.382 e. The topological polar surface area (TPSA) is 12.0 Å². The minimum atomic E-state index is -0.340. The van der Waals surface area contributed by atoms with Gasteiger partial charge in [0.2, 0.25) is 0 Å². The summed E-state index contributed by atoms with van der Waals surface area (Å²) < 4.78 is 13.6. The summed E-state index contributed by atoms with van der Waals surface area (Å²) in [5.41, 5.74) is 0.893. The van der Waals surface area contributed by atoms with Crippen LogP contribution in [0.4, 0.5) is 10.1 Å². The number of anilines is 1. The van der Waals surface area contributed by atoms with Crippen LogP contribution in [0.5, 0.6) is 0 Å². The second kappa shape index (κ2) is 4.71. The Bertz CT molecular complexity index is 337. The van der Waals surface area contributed by atoms with Crippen LogP contribution in [0.2, 0.25) is 5.02 Å². The third kappa shape index (κ3) is 3.99. The first-order valence-corrected chi connectivity index (χ1v) is 5.85. The van der Waals surface area contributed by atoms with Gasteiger partial charge in [-0.15, -0.1) is 0 Å². The summed E-state index contributed by atoms with van der Waals surface area (Å²) in [7, 11) is 0. The average Bonchev–Trinajstić information content (AvgIpc) is 1.99. The van der Waals surface area contributed by atoms with Crippen LogP contribution in [0.3, 0.4) is 0 Å². The van der Waals surface area contributed by atoms with Crippen molar-refractivity contribution < 1.29 is 4.39 Å². The third-order valence-electron chi connectivity index (χ3n) is 1.80. The molecule has 0 amide bonds. The van der Waals surface area contributed by atoms with Gasteiger partial charge in [-0.25, -0.2) is 4.39 Å². The Hall–Kier alpha value is -0.280. The maximum Gasteiger partial charge on any atom is 0.125 e. The van der Waals surface area contributed by atoms with Crippen LogP contribution in [0.25, 0.3) is 0 Å². The van der Waals surface area contributed by atoms with Crippen molar-refractivity contribution in [3.8, 4) is 0 Å². The molecule has 1 aromatic rings. The molecule has 1 nitrogen and oxygen atoms in total. The van der Waals surface area contributed by atoms with Crippen molar-refractivity contribution in [2.24, 2.45) is 5.41 Å². The molecule has 0 aliphatic heterocycles. The summed E-state index contributed by atoms with van der Waals surface area (Å²) in [4.78, 5) is 0. The lowest BCUT2D eigenvalue weighted by molar-refractivity contribution is 0.443. The lowest BCUT2D eigenvalue weighted by Crippen LogP contribution is -2.19. The summed E-state index contributed by atoms with van der Waals surface area (Å²) >= 11 is 9.21. The second-order valence-corrected chi connectivity index (χ2v) is 5.92. The number of nitrogens with one attached hydrogen (secondary N) is 1. The fraction of sp³-hybridized carbons (Fsp3) is 0.455. The van der Waals surface area contributed by atoms with E-state index < -0.39 is 0 Å². The van der Waals surface area contributed by atoms with Crippen LogP contribution in [0.1, 0.15) is 20.8 Å². The monoisotopic (exact) mass is 293 g/mol. The Morgan fingerprint density at radius 3 is 2.47 bits per heavy atom. The molecule has 0 radical (unpaired) electrons. The normalized spacial score (nSPS) is 11.6. The second-order valence-electron chi connectivity index (χ2n) is 4.66. The van der Waals surface area contributed by atoms with Gasteiger partial charge in [-0.2, -0.15) is 0 Å². The first kappa shape index (κ1) is 12.8. The number of rotatable bonds is 2. The Morgan fingerprint density at radius 1 is 1.40 bits per heavy atom. The molecule has 0 fully saturated rings. The molecule has 0 bridgehead atoms. The third-order valence-corrected chi connectivity index (χ3v) is 2.73. The van der Waals surface area contributed by atoms with E-state index in [1.807, 2.05) is 0 Å². The van der Waals surface area contributed by atoms with Crippen LogP contribution >= 0.6 is 27.5 Å². The van der Waals surface area contributed by atoms with E-state index >= 15 is 0 Å². The van der Waals surface area contributed by atoms with Crippen LogP contribution in [0.15, 0.2) is 16.6 Å². The van der Waals surface area contributed by atoms with E-state index in [2.05, 4.69) is 42.0 Å². The van der Waals surface area contributed by atoms with Crippen molar-refractivity contribution >= 4 is 33.2 Å². The zero-order valence-electron chi connectivity index (χ0n) is 9.00. The van der Waals surface area contributed by atoms with Crippen LogP contribution in [-0.4, -0.2) is 6.54 Å². The SMILES string of the molecule is CC(C)(C)CNc1c(Cl)cc(F)cc1Br. The molecule has 1 rings (SSSR count). The van der Waals surface area contributed by atoms with Crippen molar-refractivity contribution in [1.29, 1.82) is 0 Å². The Morgan fingerprint density at radius 2 is 2.00 bits per heavy atom. The zero-order chi connectivity index (χ0) is 11.6. The molecule has 0 aromatic heterocycles. The summed E-state index contributed by atoms with van der Waals surface area (Å²) in [6.45, 7) is 7.12. The highest BCUT2D eigenvalue weighted by atomic mass is 79.9. The van der Waals surface area contributed by atoms with Crippen LogP contribution < -0.4 is 5.32 Å². The van der Waals surface area contributed by atoms with Gasteiger partial charge >= 0.3 is 0 Å². The van der Waals surface area contributed by atoms with Crippen molar-refractivity contribution in [1.82, 2.24) is 0 Å². The number of hydrogen-bond donors (Lipinski definition) is 1. The van der Waals surface area contributed by atoms with Gasteiger partial charge in [0.15, 0.2) is 0 Å². The molecule has 1 aromatic carbocycles. The predicted molar refractivity (Wildman–Crippen MR) is 67.1 cm³/mol. The fourth-order valence-corrected chi connectivity index (χ4v) is 2.02. The predicted octanol–water partition coefficient (Wildman–Crippen LogP) is 4.70. The number of benzene rings is 1. The van der Waals surface area contributed by atoms with Crippen molar-refractivity contribution in [2.45, 2.75) is 20.8 Å². The summed E-state index contributed by atoms with van der Waals surface area (Å²) in [5, 5.41) is 3.60. The molecule has 0 spiro atoms. The Balaban J connectivity index is 2.86. The molecular weight excluding hydrogens is 280 g/mol. The first-order chi connectivity index (χ1) is 6.79. The maximum absolute atomic E-state index is 12.9. The van der Waals surface area contributed by atoms with Gasteiger partial charge in [0, 0.05) is 11.0 Å². The highest BCUT2D eigenvalue weighted by Crippen LogP contribution is 2.32. The molecule has 0 unspecified atom stereocenters. The average molecular weight is 295 g/mol. The van der Waals surface area contributed by atoms with E-state index in [1.54, 1.807) is 0 Å². The Kier molecular flexibility index (Phi) is 4.01. The molecule has 15 heavy (non-hydrogen) atoms. The van der Waals surface area contributed by atoms with Gasteiger partial charge in [0.05, 0.1) is 10.7 Å². The minimum absolute atomic E-state index is 0.150. The molecule has 0 saturated carbocycles. The van der Waals surface area contributed by atoms with Crippen molar-refractivity contribution in [3.05, 3.63) is 27.4 Å². The Labute approximate surface area is 103 Å². The first-order valence-electron chi connectivity index (χ1n) is 4.68. The quantitative estimate of drug-likeness (QED) is 0.833. The molecule has 4 heteroatoms. The summed E-state index contributed by atoms with van der Waals surface area (Å²) in [5.74, 6) is -0.340. The van der Waals surface area contributed by atoms with E-state index in [0.717, 1.165) is 12.2 Å². The van der Waals surface area contributed by atoms with Crippen molar-refractivity contribution in [3.63, 3.8) is 0 Å². The van der Waals surface area contributed by atoms with E-state index in [1.165, 1.54) is 12.1 Å². The molecule has 1 N–H and O–H groups in total. The smallest absolute Gasteiger partial charge is 0.125 e. The van der Waals surface area contributed by atoms with Gasteiger partial charge in [0.1, 0.15) is 5.82 Å². The fourth-order valence-electron chi connectivity index (χ4n) is 1.06. The molecule has 84 valence electrons. The van der Waals surface area contributed by atoms with Gasteiger partial charge in [0.25, 0.3) is 0 Å². The lowest BCUT2D eigenvalue weighted by atomic mass is 9.97. The zero-order valence-corrected chi connectivity index (χ0v) is 11.3. The molecule has 0 aliphatic carbocycles. The number of halogens is 3. The molecule has 0 atom stereocenters. The van der Waals surface area contributed by atoms with E-state index in [9.17, 15) is 4.39 Å². The lowest BCUT2D eigenvalue weighted by Gasteiger charge is -2.21. The van der Waals surface area contributed by atoms with Gasteiger partial charge in [-0.3, -0.25) is 0 Å². The van der Waals surface area contributed by atoms with Crippen LogP contribution in [-0.2, 0) is 0 Å². The summed E-state index contributed by atoms with van der Waals surface area (Å²) in [6, 6.07) is 2.70. The van der Waals surface area contributed by atoms with E-state index in [0.29, 0.717) is 9.50 Å². The summed E-state index contributed by atoms with van der Waals surface area (Å²) in [6.07, 6.45) is 0. The van der Waals surface area contributed by atoms with Gasteiger partial charge in [-0.1, -0.05) is 32.4 Å². The maximum atomic E-state index is 12.9. The molecule has 0 heterocycles. The van der Waals surface area contributed by atoms with E-state index in [4.69, 9.17) is 11.6 Å². The molecular formula is C11H14BrClFN. The molecule has 0 aliphatic rings. The highest BCUT2D eigenvalue weighted by molar-refractivity contribution is 9.10. The van der Waals surface area contributed by atoms with Crippen molar-refractivity contribution in [2.75, 3.05) is 11.9 Å². The minimum Gasteiger partial charge on any atom is -0.382 e. The highest BCUT2D eigenvalue weighted by Gasteiger charge is 2.13. The standard InChI is InChI=1S/C11H14BrClFN/c1-11(2,3)6-15-10-8(12)4-7(14)5-9(10)13/h4-5,15H,6H2,1-3H3. The van der Waals surface area contributed by atoms with Gasteiger partial charge < -0.3 is 5.32 Å². The van der Waals surface area contributed by atoms with E-state index in [-0.39, 0.29) is 11.2 Å². The van der Waals surface area contributed by atoms with Gasteiger partial charge in [-0.05, 0) is 33.5 Å².